The number of rotatable bonds is 5. The van der Waals surface area contributed by atoms with E-state index >= 15 is 0 Å². The molecule has 2 aliphatic carbocycles. The first-order chi connectivity index (χ1) is 24.5. The number of benzene rings is 1. The molecule has 16 heteroatoms. The van der Waals surface area contributed by atoms with Crippen molar-refractivity contribution in [2.24, 2.45) is 5.92 Å². The highest BCUT2D eigenvalue weighted by Gasteiger charge is 2.62. The fourth-order valence-corrected chi connectivity index (χ4v) is 8.49. The van der Waals surface area contributed by atoms with E-state index in [1.165, 1.54) is 20.8 Å². The molecular formula is C36H49FN6O8S. The molecule has 3 fully saturated rings. The molecule has 6 rings (SSSR count). The van der Waals surface area contributed by atoms with E-state index in [9.17, 15) is 36.8 Å². The van der Waals surface area contributed by atoms with Crippen LogP contribution >= 0.6 is 0 Å². The molecule has 2 saturated carbocycles. The van der Waals surface area contributed by atoms with Crippen molar-refractivity contribution in [1.82, 2.24) is 30.1 Å². The molecule has 0 bridgehead atoms. The third-order valence-corrected chi connectivity index (χ3v) is 12.7. The number of carbonyl (C=O) groups excluding carboxylic acids is 5. The molecule has 14 nitrogen and oxygen atoms in total. The van der Waals surface area contributed by atoms with Crippen molar-refractivity contribution in [3.8, 4) is 0 Å². The lowest BCUT2D eigenvalue weighted by Gasteiger charge is -2.35. The summed E-state index contributed by atoms with van der Waals surface area (Å²) in [6, 6.07) is 1.94. The number of nitrogens with one attached hydrogen (secondary N) is 3. The number of fused-ring (bicyclic) bond motifs is 3. The van der Waals surface area contributed by atoms with Gasteiger partial charge in [0.2, 0.25) is 21.8 Å². The van der Waals surface area contributed by atoms with Gasteiger partial charge in [-0.25, -0.2) is 22.4 Å². The Morgan fingerprint density at radius 2 is 1.83 bits per heavy atom. The SMILES string of the molecule is CN(C(=O)N[C@H]1CCCCC/C=C\[C@H]2C[C@@]2(C(=O)NS(=O)(=O)C2CC2)NC(=O)[C@@H]2C[C@@H](OC(=O)N3Cc4cccc(F)c4C3)CN2C1=O)C(C)(C)C. The predicted molar refractivity (Wildman–Crippen MR) is 187 cm³/mol. The summed E-state index contributed by atoms with van der Waals surface area (Å²) in [7, 11) is -2.29. The van der Waals surface area contributed by atoms with Crippen LogP contribution in [-0.2, 0) is 42.2 Å². The Hall–Kier alpha value is -4.21. The molecule has 3 N–H and O–H groups in total. The van der Waals surface area contributed by atoms with Gasteiger partial charge in [-0.1, -0.05) is 37.1 Å². The number of halogens is 1. The van der Waals surface area contributed by atoms with Crippen LogP contribution in [0.5, 0.6) is 0 Å². The van der Waals surface area contributed by atoms with Crippen molar-refractivity contribution < 1.29 is 41.5 Å². The van der Waals surface area contributed by atoms with Crippen LogP contribution in [0.4, 0.5) is 14.0 Å². The first-order valence-electron chi connectivity index (χ1n) is 18.1. The summed E-state index contributed by atoms with van der Waals surface area (Å²) < 4.78 is 48.0. The van der Waals surface area contributed by atoms with Gasteiger partial charge in [-0.05, 0) is 70.9 Å². The quantitative estimate of drug-likeness (QED) is 0.386. The minimum atomic E-state index is -3.92. The van der Waals surface area contributed by atoms with Crippen LogP contribution in [0.15, 0.2) is 30.4 Å². The Morgan fingerprint density at radius 1 is 1.08 bits per heavy atom. The second-order valence-corrected chi connectivity index (χ2v) is 17.7. The molecule has 3 aliphatic heterocycles. The second kappa shape index (κ2) is 14.3. The minimum Gasteiger partial charge on any atom is -0.444 e. The monoisotopic (exact) mass is 744 g/mol. The van der Waals surface area contributed by atoms with Crippen LogP contribution in [0.3, 0.4) is 0 Å². The van der Waals surface area contributed by atoms with E-state index in [1.54, 1.807) is 19.2 Å². The Balaban J connectivity index is 1.26. The lowest BCUT2D eigenvalue weighted by Crippen LogP contribution is -2.59. The molecular weight excluding hydrogens is 695 g/mol. The molecule has 5 atom stereocenters. The zero-order chi connectivity index (χ0) is 37.6. The van der Waals surface area contributed by atoms with Crippen LogP contribution in [0.25, 0.3) is 0 Å². The van der Waals surface area contributed by atoms with E-state index in [0.29, 0.717) is 43.2 Å². The lowest BCUT2D eigenvalue weighted by atomic mass is 10.0. The van der Waals surface area contributed by atoms with Crippen molar-refractivity contribution in [3.05, 3.63) is 47.3 Å². The average Bonchev–Trinajstić information content (AvgIpc) is 3.96. The normalized spacial score (nSPS) is 28.6. The third-order valence-electron chi connectivity index (χ3n) is 10.9. The molecule has 52 heavy (non-hydrogen) atoms. The highest BCUT2D eigenvalue weighted by atomic mass is 32.2. The van der Waals surface area contributed by atoms with E-state index in [2.05, 4.69) is 15.4 Å². The number of ether oxygens (including phenoxy) is 1. The maximum atomic E-state index is 14.4. The molecule has 1 aromatic carbocycles. The van der Waals surface area contributed by atoms with E-state index < -0.39 is 86.1 Å². The number of allylic oxidation sites excluding steroid dienone is 1. The number of amides is 6. The standard InChI is InChI=1S/C36H49FN6O8S/c1-35(2,3)41(4)33(47)38-28-14-9-7-5-6-8-12-23-18-36(23,32(46)40-52(49,50)25-15-16-25)39-30(44)29-17-24(20-43(29)31(28)45)51-34(48)42-19-22-11-10-13-27(37)26(22)21-42/h8,10-13,23-25,28-29H,5-7,9,14-21H2,1-4H3,(H,38,47)(H,39,44)(H,40,46)/b12-8-/t23-,24+,28-,29-,36+/m0/s1. The summed E-state index contributed by atoms with van der Waals surface area (Å²) in [6.45, 7) is 5.55. The Labute approximate surface area is 303 Å². The van der Waals surface area contributed by atoms with Crippen LogP contribution in [0.2, 0.25) is 0 Å². The second-order valence-electron chi connectivity index (χ2n) is 15.7. The van der Waals surface area contributed by atoms with E-state index in [4.69, 9.17) is 4.74 Å². The molecule has 0 radical (unpaired) electrons. The zero-order valence-electron chi connectivity index (χ0n) is 30.2. The van der Waals surface area contributed by atoms with Crippen LogP contribution in [-0.4, -0.2) is 101 Å². The zero-order valence-corrected chi connectivity index (χ0v) is 31.0. The van der Waals surface area contributed by atoms with Crippen molar-refractivity contribution in [3.63, 3.8) is 0 Å². The minimum absolute atomic E-state index is 0.00578. The van der Waals surface area contributed by atoms with Crippen LogP contribution in [0, 0.1) is 11.7 Å². The van der Waals surface area contributed by atoms with Gasteiger partial charge in [0.15, 0.2) is 0 Å². The fourth-order valence-electron chi connectivity index (χ4n) is 7.12. The largest absolute Gasteiger partial charge is 0.444 e. The first kappa shape index (κ1) is 37.5. The number of hydrogen-bond acceptors (Lipinski definition) is 8. The van der Waals surface area contributed by atoms with Crippen molar-refractivity contribution >= 4 is 39.9 Å². The molecule has 1 saturated heterocycles. The topological polar surface area (TPSA) is 175 Å². The van der Waals surface area contributed by atoms with Gasteiger partial charge in [-0.15, -0.1) is 0 Å². The van der Waals surface area contributed by atoms with Gasteiger partial charge in [0.05, 0.1) is 18.3 Å². The van der Waals surface area contributed by atoms with Gasteiger partial charge in [0, 0.05) is 37.0 Å². The van der Waals surface area contributed by atoms with Gasteiger partial charge >= 0.3 is 12.1 Å². The molecule has 1 aromatic rings. The van der Waals surface area contributed by atoms with E-state index in [1.807, 2.05) is 32.9 Å². The molecule has 0 unspecified atom stereocenters. The van der Waals surface area contributed by atoms with Gasteiger partial charge in [-0.2, -0.15) is 0 Å². The summed E-state index contributed by atoms with van der Waals surface area (Å²) in [4.78, 5) is 73.1. The lowest BCUT2D eigenvalue weighted by molar-refractivity contribution is -0.141. The maximum absolute atomic E-state index is 14.4. The van der Waals surface area contributed by atoms with Gasteiger partial charge < -0.3 is 25.2 Å². The smallest absolute Gasteiger partial charge is 0.410 e. The number of nitrogens with zero attached hydrogens (tertiary/aromatic N) is 3. The Bertz CT molecular complexity index is 1760. The summed E-state index contributed by atoms with van der Waals surface area (Å²) in [6.07, 6.45) is 6.13. The molecule has 6 amide bonds. The number of hydrogen-bond donors (Lipinski definition) is 3. The highest BCUT2D eigenvalue weighted by Crippen LogP contribution is 2.46. The first-order valence-corrected chi connectivity index (χ1v) is 19.7. The summed E-state index contributed by atoms with van der Waals surface area (Å²) in [5.41, 5.74) is -1.04. The van der Waals surface area contributed by atoms with Gasteiger partial charge in [-0.3, -0.25) is 24.0 Å². The molecule has 5 aliphatic rings. The summed E-state index contributed by atoms with van der Waals surface area (Å²) in [5, 5.41) is 5.01. The number of sulfonamides is 1. The van der Waals surface area contributed by atoms with Crippen LogP contribution in [0.1, 0.15) is 89.7 Å². The predicted octanol–water partition coefficient (Wildman–Crippen LogP) is 3.06. The molecule has 284 valence electrons. The maximum Gasteiger partial charge on any atom is 0.410 e. The summed E-state index contributed by atoms with van der Waals surface area (Å²) >= 11 is 0. The van der Waals surface area contributed by atoms with Gasteiger partial charge in [0.1, 0.15) is 29.5 Å². The highest BCUT2D eigenvalue weighted by molar-refractivity contribution is 7.91. The van der Waals surface area contributed by atoms with E-state index in [-0.39, 0.29) is 32.5 Å². The Morgan fingerprint density at radius 3 is 2.52 bits per heavy atom. The third kappa shape index (κ3) is 7.91. The van der Waals surface area contributed by atoms with E-state index in [0.717, 1.165) is 12.8 Å². The average molecular weight is 745 g/mol. The number of urea groups is 1. The van der Waals surface area contributed by atoms with Gasteiger partial charge in [0.25, 0.3) is 5.91 Å². The van der Waals surface area contributed by atoms with Crippen LogP contribution < -0.4 is 15.4 Å². The van der Waals surface area contributed by atoms with Crippen molar-refractivity contribution in [1.29, 1.82) is 0 Å². The fraction of sp³-hybridized carbons (Fsp3) is 0.639. The Kier molecular flexibility index (Phi) is 10.3. The summed E-state index contributed by atoms with van der Waals surface area (Å²) in [5.74, 6) is -2.97. The van der Waals surface area contributed by atoms with Crippen molar-refractivity contribution in [2.45, 2.75) is 126 Å². The molecule has 0 aromatic heterocycles. The number of carbonyl (C=O) groups is 5. The molecule has 3 heterocycles. The van der Waals surface area contributed by atoms with Crippen molar-refractivity contribution in [2.75, 3.05) is 13.6 Å². The molecule has 0 spiro atoms.